The van der Waals surface area contributed by atoms with Crippen LogP contribution in [-0.4, -0.2) is 21.1 Å². The van der Waals surface area contributed by atoms with Crippen molar-refractivity contribution < 1.29 is 9.90 Å². The average Bonchev–Trinajstić information content (AvgIpc) is 2.30. The summed E-state index contributed by atoms with van der Waals surface area (Å²) in [7, 11) is 0. The molecule has 0 aliphatic carbocycles. The molecule has 2 aromatic rings. The van der Waals surface area contributed by atoms with Crippen molar-refractivity contribution in [2.45, 2.75) is 6.61 Å². The van der Waals surface area contributed by atoms with E-state index in [-0.39, 0.29) is 17.9 Å². The minimum atomic E-state index is -0.140. The van der Waals surface area contributed by atoms with Crippen molar-refractivity contribution >= 4 is 23.3 Å². The highest BCUT2D eigenvalue weighted by atomic mass is 16.3. The lowest BCUT2D eigenvalue weighted by atomic mass is 10.2. The summed E-state index contributed by atoms with van der Waals surface area (Å²) in [5, 5.41) is 16.5. The standard InChI is InChI=1S/C10H10N4O2/c11-9-10(12)14(5-16)8-2-1-6(4-15)3-7(8)13-9/h1-3,5,12,15H,4H2,(H2,11,13). The van der Waals surface area contributed by atoms with Gasteiger partial charge in [-0.1, -0.05) is 6.07 Å². The van der Waals surface area contributed by atoms with E-state index in [0.717, 1.165) is 4.57 Å². The number of nitrogens with one attached hydrogen (secondary N) is 1. The first kappa shape index (κ1) is 10.3. The molecule has 0 bridgehead atoms. The van der Waals surface area contributed by atoms with Crippen molar-refractivity contribution in [3.8, 4) is 0 Å². The lowest BCUT2D eigenvalue weighted by molar-refractivity contribution is 0.282. The van der Waals surface area contributed by atoms with Crippen LogP contribution in [0.15, 0.2) is 18.2 Å². The lowest BCUT2D eigenvalue weighted by Crippen LogP contribution is -2.24. The molecule has 0 aliphatic heterocycles. The Morgan fingerprint density at radius 2 is 2.31 bits per heavy atom. The number of rotatable bonds is 2. The van der Waals surface area contributed by atoms with E-state index < -0.39 is 0 Å². The summed E-state index contributed by atoms with van der Waals surface area (Å²) < 4.78 is 1.11. The van der Waals surface area contributed by atoms with Crippen molar-refractivity contribution in [3.05, 3.63) is 29.3 Å². The van der Waals surface area contributed by atoms with Crippen LogP contribution >= 0.6 is 0 Å². The highest BCUT2D eigenvalue weighted by Gasteiger charge is 2.05. The molecule has 0 saturated heterocycles. The van der Waals surface area contributed by atoms with Gasteiger partial charge >= 0.3 is 0 Å². The Kier molecular flexibility index (Phi) is 2.41. The van der Waals surface area contributed by atoms with Gasteiger partial charge in [-0.2, -0.15) is 0 Å². The van der Waals surface area contributed by atoms with Crippen LogP contribution in [0.25, 0.3) is 11.0 Å². The van der Waals surface area contributed by atoms with Crippen LogP contribution in [0, 0.1) is 5.41 Å². The molecule has 1 heterocycles. The fourth-order valence-corrected chi connectivity index (χ4v) is 1.50. The number of aromatic nitrogens is 2. The van der Waals surface area contributed by atoms with Crippen LogP contribution in [-0.2, 0) is 11.4 Å². The zero-order valence-corrected chi connectivity index (χ0v) is 8.34. The van der Waals surface area contributed by atoms with Gasteiger partial charge in [0.2, 0.25) is 6.41 Å². The van der Waals surface area contributed by atoms with E-state index in [0.29, 0.717) is 23.0 Å². The number of aliphatic hydroxyl groups excluding tert-OH is 1. The molecule has 0 atom stereocenters. The maximum Gasteiger partial charge on any atom is 0.220 e. The Hall–Kier alpha value is -2.21. The summed E-state index contributed by atoms with van der Waals surface area (Å²) in [5.41, 5.74) is 7.02. The predicted molar refractivity (Wildman–Crippen MR) is 58.1 cm³/mol. The zero-order chi connectivity index (χ0) is 11.7. The lowest BCUT2D eigenvalue weighted by Gasteiger charge is -2.06. The Morgan fingerprint density at radius 3 is 2.94 bits per heavy atom. The summed E-state index contributed by atoms with van der Waals surface area (Å²) in [5.74, 6) is -0.0188. The van der Waals surface area contributed by atoms with Gasteiger partial charge in [0.05, 0.1) is 17.6 Å². The maximum absolute atomic E-state index is 10.9. The summed E-state index contributed by atoms with van der Waals surface area (Å²) in [6, 6.07) is 4.92. The number of nitrogens with zero attached hydrogens (tertiary/aromatic N) is 2. The quantitative estimate of drug-likeness (QED) is 0.598. The number of carbonyl (C=O) groups is 1. The van der Waals surface area contributed by atoms with Crippen molar-refractivity contribution in [3.63, 3.8) is 0 Å². The second-order valence-electron chi connectivity index (χ2n) is 3.30. The molecule has 16 heavy (non-hydrogen) atoms. The third-order valence-corrected chi connectivity index (χ3v) is 2.31. The highest BCUT2D eigenvalue weighted by molar-refractivity contribution is 5.82. The van der Waals surface area contributed by atoms with Crippen LogP contribution in [0.1, 0.15) is 5.56 Å². The van der Waals surface area contributed by atoms with E-state index in [4.69, 9.17) is 16.2 Å². The molecule has 0 unspecified atom stereocenters. The Morgan fingerprint density at radius 1 is 1.56 bits per heavy atom. The summed E-state index contributed by atoms with van der Waals surface area (Å²) in [6.45, 7) is -0.110. The summed E-state index contributed by atoms with van der Waals surface area (Å²) >= 11 is 0. The Balaban J connectivity index is 2.90. The molecule has 0 spiro atoms. The first-order valence-electron chi connectivity index (χ1n) is 4.58. The molecule has 2 rings (SSSR count). The molecule has 0 saturated carbocycles. The van der Waals surface area contributed by atoms with Gasteiger partial charge in [0.25, 0.3) is 0 Å². The van der Waals surface area contributed by atoms with Gasteiger partial charge in [0.15, 0.2) is 11.3 Å². The number of nitrogens with two attached hydrogens (primary N) is 1. The molecule has 0 fully saturated rings. The van der Waals surface area contributed by atoms with Gasteiger partial charge < -0.3 is 10.8 Å². The molecular weight excluding hydrogens is 208 g/mol. The Bertz CT molecular complexity index is 618. The number of hydrogen-bond donors (Lipinski definition) is 3. The molecule has 6 heteroatoms. The first-order valence-corrected chi connectivity index (χ1v) is 4.58. The van der Waals surface area contributed by atoms with Crippen LogP contribution < -0.4 is 11.2 Å². The van der Waals surface area contributed by atoms with Crippen molar-refractivity contribution in [1.29, 1.82) is 5.41 Å². The SMILES string of the molecule is N=c1c(N)nc2cc(CO)ccc2n1C=O. The molecule has 0 amide bonds. The fraction of sp³-hybridized carbons (Fsp3) is 0.100. The molecule has 6 nitrogen and oxygen atoms in total. The van der Waals surface area contributed by atoms with Gasteiger partial charge in [-0.3, -0.25) is 14.8 Å². The van der Waals surface area contributed by atoms with E-state index in [9.17, 15) is 4.79 Å². The van der Waals surface area contributed by atoms with E-state index in [1.165, 1.54) is 0 Å². The second-order valence-corrected chi connectivity index (χ2v) is 3.30. The average molecular weight is 218 g/mol. The fourth-order valence-electron chi connectivity index (χ4n) is 1.50. The van der Waals surface area contributed by atoms with Gasteiger partial charge in [0, 0.05) is 0 Å². The third kappa shape index (κ3) is 1.45. The van der Waals surface area contributed by atoms with Gasteiger partial charge in [-0.05, 0) is 17.7 Å². The monoisotopic (exact) mass is 218 g/mol. The largest absolute Gasteiger partial charge is 0.392 e. The molecule has 1 aromatic carbocycles. The first-order chi connectivity index (χ1) is 7.67. The molecule has 0 aliphatic rings. The summed E-state index contributed by atoms with van der Waals surface area (Å²) in [6.07, 6.45) is 0.515. The Labute approximate surface area is 90.5 Å². The molecule has 1 aromatic heterocycles. The smallest absolute Gasteiger partial charge is 0.220 e. The van der Waals surface area contributed by atoms with Crippen molar-refractivity contribution in [1.82, 2.24) is 9.55 Å². The zero-order valence-electron chi connectivity index (χ0n) is 8.34. The van der Waals surface area contributed by atoms with Crippen LogP contribution in [0.5, 0.6) is 0 Å². The highest BCUT2D eigenvalue weighted by Crippen LogP contribution is 2.12. The molecular formula is C10H10N4O2. The number of carbonyl (C=O) groups excluding carboxylic acids is 1. The van der Waals surface area contributed by atoms with E-state index in [1.54, 1.807) is 18.2 Å². The van der Waals surface area contributed by atoms with Gasteiger partial charge in [0.1, 0.15) is 0 Å². The van der Waals surface area contributed by atoms with Crippen LogP contribution in [0.4, 0.5) is 5.82 Å². The predicted octanol–water partition coefficient (Wildman–Crippen LogP) is -0.371. The number of benzene rings is 1. The van der Waals surface area contributed by atoms with Crippen molar-refractivity contribution in [2.24, 2.45) is 0 Å². The minimum absolute atomic E-state index is 0.0188. The number of nitrogen functional groups attached to an aromatic ring is 1. The number of anilines is 1. The third-order valence-electron chi connectivity index (χ3n) is 2.31. The van der Waals surface area contributed by atoms with Gasteiger partial charge in [-0.25, -0.2) is 4.98 Å². The molecule has 0 radical (unpaired) electrons. The molecule has 4 N–H and O–H groups in total. The molecule has 82 valence electrons. The number of aliphatic hydroxyl groups is 1. The normalized spacial score (nSPS) is 10.6. The number of hydrogen-bond acceptors (Lipinski definition) is 5. The summed E-state index contributed by atoms with van der Waals surface area (Å²) in [4.78, 5) is 14.9. The van der Waals surface area contributed by atoms with E-state index >= 15 is 0 Å². The van der Waals surface area contributed by atoms with Gasteiger partial charge in [-0.15, -0.1) is 0 Å². The topological polar surface area (TPSA) is 105 Å². The van der Waals surface area contributed by atoms with E-state index in [1.807, 2.05) is 0 Å². The minimum Gasteiger partial charge on any atom is -0.392 e. The number of fused-ring (bicyclic) bond motifs is 1. The van der Waals surface area contributed by atoms with Crippen molar-refractivity contribution in [2.75, 3.05) is 5.73 Å². The van der Waals surface area contributed by atoms with Crippen LogP contribution in [0.2, 0.25) is 0 Å². The van der Waals surface area contributed by atoms with E-state index in [2.05, 4.69) is 4.98 Å². The van der Waals surface area contributed by atoms with Crippen LogP contribution in [0.3, 0.4) is 0 Å². The second kappa shape index (κ2) is 3.74. The maximum atomic E-state index is 10.9.